The molecule has 0 aliphatic heterocycles. The summed E-state index contributed by atoms with van der Waals surface area (Å²) in [6.07, 6.45) is 0. The molecule has 0 aromatic heterocycles. The minimum atomic E-state index is -0.341. The van der Waals surface area contributed by atoms with Gasteiger partial charge in [-0.3, -0.25) is 4.79 Å². The summed E-state index contributed by atoms with van der Waals surface area (Å²) >= 11 is 5.51. The van der Waals surface area contributed by atoms with E-state index >= 15 is 0 Å². The Balaban J connectivity index is 2.51. The normalized spacial score (nSPS) is 12.4. The Morgan fingerprint density at radius 3 is 2.53 bits per heavy atom. The Morgan fingerprint density at radius 2 is 1.88 bits per heavy atom. The molecule has 2 rings (SSSR count). The molecule has 0 aliphatic carbocycles. The van der Waals surface area contributed by atoms with Crippen LogP contribution in [0.2, 0.25) is 0 Å². The SMILES string of the molecule is COc1ccc2ccc(C(C)C(=O)Cl)cc2c1. The minimum absolute atomic E-state index is 0.285. The van der Waals surface area contributed by atoms with Crippen molar-refractivity contribution in [2.45, 2.75) is 12.8 Å². The maximum atomic E-state index is 11.1. The Labute approximate surface area is 105 Å². The Kier molecular flexibility index (Phi) is 3.34. The van der Waals surface area contributed by atoms with Crippen LogP contribution < -0.4 is 4.74 Å². The lowest BCUT2D eigenvalue weighted by Crippen LogP contribution is -2.01. The molecule has 0 saturated carbocycles. The highest BCUT2D eigenvalue weighted by Gasteiger charge is 2.12. The molecular formula is C14H13ClO2. The van der Waals surface area contributed by atoms with Crippen molar-refractivity contribution < 1.29 is 9.53 Å². The van der Waals surface area contributed by atoms with Gasteiger partial charge in [-0.15, -0.1) is 0 Å². The lowest BCUT2D eigenvalue weighted by Gasteiger charge is -2.09. The minimum Gasteiger partial charge on any atom is -0.497 e. The molecule has 88 valence electrons. The van der Waals surface area contributed by atoms with Crippen LogP contribution in [0.5, 0.6) is 5.75 Å². The first-order chi connectivity index (χ1) is 8.11. The summed E-state index contributed by atoms with van der Waals surface area (Å²) in [5.41, 5.74) is 0.922. The zero-order valence-electron chi connectivity index (χ0n) is 9.74. The molecule has 0 amide bonds. The van der Waals surface area contributed by atoms with E-state index in [2.05, 4.69) is 0 Å². The van der Waals surface area contributed by atoms with Crippen molar-refractivity contribution >= 4 is 27.6 Å². The molecule has 0 heterocycles. The van der Waals surface area contributed by atoms with Gasteiger partial charge in [0, 0.05) is 0 Å². The molecular weight excluding hydrogens is 236 g/mol. The van der Waals surface area contributed by atoms with Gasteiger partial charge in [0.25, 0.3) is 0 Å². The summed E-state index contributed by atoms with van der Waals surface area (Å²) in [5.74, 6) is 0.520. The number of halogens is 1. The summed E-state index contributed by atoms with van der Waals surface area (Å²) in [7, 11) is 1.63. The maximum absolute atomic E-state index is 11.1. The van der Waals surface area contributed by atoms with Gasteiger partial charge in [0.15, 0.2) is 0 Å². The average molecular weight is 249 g/mol. The fourth-order valence-electron chi connectivity index (χ4n) is 1.77. The third-order valence-corrected chi connectivity index (χ3v) is 3.24. The van der Waals surface area contributed by atoms with Crippen molar-refractivity contribution in [1.82, 2.24) is 0 Å². The summed E-state index contributed by atoms with van der Waals surface area (Å²) in [6.45, 7) is 1.80. The Bertz CT molecular complexity index is 563. The second-order valence-corrected chi connectivity index (χ2v) is 4.37. The number of ether oxygens (including phenoxy) is 1. The van der Waals surface area contributed by atoms with E-state index in [-0.39, 0.29) is 11.2 Å². The van der Waals surface area contributed by atoms with E-state index in [1.807, 2.05) is 36.4 Å². The van der Waals surface area contributed by atoms with Crippen LogP contribution in [0.25, 0.3) is 10.8 Å². The molecule has 1 unspecified atom stereocenters. The zero-order chi connectivity index (χ0) is 12.4. The molecule has 0 fully saturated rings. The van der Waals surface area contributed by atoms with E-state index in [0.717, 1.165) is 22.1 Å². The van der Waals surface area contributed by atoms with Crippen molar-refractivity contribution in [3.8, 4) is 5.75 Å². The number of carbonyl (C=O) groups excluding carboxylic acids is 1. The molecule has 0 aliphatic rings. The van der Waals surface area contributed by atoms with Crippen LogP contribution in [-0.4, -0.2) is 12.4 Å². The predicted molar refractivity (Wildman–Crippen MR) is 69.8 cm³/mol. The molecule has 2 aromatic carbocycles. The number of methoxy groups -OCH3 is 1. The predicted octanol–water partition coefficient (Wildman–Crippen LogP) is 3.72. The molecule has 0 radical (unpaired) electrons. The van der Waals surface area contributed by atoms with Crippen LogP contribution in [0, 0.1) is 0 Å². The van der Waals surface area contributed by atoms with Crippen molar-refractivity contribution in [3.05, 3.63) is 42.0 Å². The van der Waals surface area contributed by atoms with Crippen LogP contribution >= 0.6 is 11.6 Å². The van der Waals surface area contributed by atoms with Crippen LogP contribution in [0.3, 0.4) is 0 Å². The topological polar surface area (TPSA) is 26.3 Å². The van der Waals surface area contributed by atoms with Crippen LogP contribution in [0.4, 0.5) is 0 Å². The van der Waals surface area contributed by atoms with Crippen molar-refractivity contribution in [1.29, 1.82) is 0 Å². The fourth-order valence-corrected chi connectivity index (χ4v) is 1.90. The van der Waals surface area contributed by atoms with Gasteiger partial charge in [0.05, 0.1) is 13.0 Å². The van der Waals surface area contributed by atoms with E-state index in [4.69, 9.17) is 16.3 Å². The molecule has 0 bridgehead atoms. The molecule has 0 N–H and O–H groups in total. The molecule has 2 aromatic rings. The highest BCUT2D eigenvalue weighted by molar-refractivity contribution is 6.64. The fraction of sp³-hybridized carbons (Fsp3) is 0.214. The number of rotatable bonds is 3. The number of hydrogen-bond acceptors (Lipinski definition) is 2. The number of benzene rings is 2. The highest BCUT2D eigenvalue weighted by Crippen LogP contribution is 2.26. The van der Waals surface area contributed by atoms with Crippen LogP contribution in [-0.2, 0) is 4.79 Å². The highest BCUT2D eigenvalue weighted by atomic mass is 35.5. The largest absolute Gasteiger partial charge is 0.497 e. The van der Waals surface area contributed by atoms with Gasteiger partial charge in [-0.05, 0) is 40.1 Å². The van der Waals surface area contributed by atoms with E-state index in [9.17, 15) is 4.79 Å². The summed E-state index contributed by atoms with van der Waals surface area (Å²) in [5, 5.41) is 1.82. The van der Waals surface area contributed by atoms with Crippen molar-refractivity contribution in [3.63, 3.8) is 0 Å². The second kappa shape index (κ2) is 4.76. The Morgan fingerprint density at radius 1 is 1.18 bits per heavy atom. The molecule has 1 atom stereocenters. The lowest BCUT2D eigenvalue weighted by atomic mass is 9.99. The van der Waals surface area contributed by atoms with E-state index < -0.39 is 0 Å². The van der Waals surface area contributed by atoms with Gasteiger partial charge in [-0.25, -0.2) is 0 Å². The standard InChI is InChI=1S/C14H13ClO2/c1-9(14(15)16)11-4-3-10-5-6-13(17-2)8-12(10)7-11/h3-9H,1-2H3. The molecule has 2 nitrogen and oxygen atoms in total. The number of carbonyl (C=O) groups is 1. The zero-order valence-corrected chi connectivity index (χ0v) is 10.5. The average Bonchev–Trinajstić information content (AvgIpc) is 2.36. The van der Waals surface area contributed by atoms with E-state index in [1.54, 1.807) is 14.0 Å². The van der Waals surface area contributed by atoms with E-state index in [0.29, 0.717) is 0 Å². The first-order valence-corrected chi connectivity index (χ1v) is 5.76. The van der Waals surface area contributed by atoms with Crippen molar-refractivity contribution in [2.75, 3.05) is 7.11 Å². The number of fused-ring (bicyclic) bond motifs is 1. The Hall–Kier alpha value is -1.54. The summed E-state index contributed by atoms with van der Waals surface area (Å²) in [4.78, 5) is 11.1. The van der Waals surface area contributed by atoms with Crippen molar-refractivity contribution in [2.24, 2.45) is 0 Å². The first-order valence-electron chi connectivity index (χ1n) is 5.39. The van der Waals surface area contributed by atoms with Crippen LogP contribution in [0.1, 0.15) is 18.4 Å². The molecule has 3 heteroatoms. The van der Waals surface area contributed by atoms with Gasteiger partial charge >= 0.3 is 0 Å². The second-order valence-electron chi connectivity index (χ2n) is 4.00. The smallest absolute Gasteiger partial charge is 0.228 e. The van der Waals surface area contributed by atoms with Gasteiger partial charge in [-0.1, -0.05) is 31.2 Å². The van der Waals surface area contributed by atoms with E-state index in [1.165, 1.54) is 0 Å². The molecule has 17 heavy (non-hydrogen) atoms. The number of hydrogen-bond donors (Lipinski definition) is 0. The third kappa shape index (κ3) is 2.42. The van der Waals surface area contributed by atoms with Gasteiger partial charge < -0.3 is 4.74 Å². The maximum Gasteiger partial charge on any atom is 0.228 e. The van der Waals surface area contributed by atoms with Gasteiger partial charge in [0.2, 0.25) is 5.24 Å². The quantitative estimate of drug-likeness (QED) is 0.774. The molecule has 0 spiro atoms. The third-order valence-electron chi connectivity index (χ3n) is 2.91. The summed E-state index contributed by atoms with van der Waals surface area (Å²) in [6, 6.07) is 11.7. The van der Waals surface area contributed by atoms with Gasteiger partial charge in [-0.2, -0.15) is 0 Å². The summed E-state index contributed by atoms with van der Waals surface area (Å²) < 4.78 is 5.18. The lowest BCUT2D eigenvalue weighted by molar-refractivity contribution is -0.112. The molecule has 0 saturated heterocycles. The monoisotopic (exact) mass is 248 g/mol. The first kappa shape index (κ1) is 11.9. The van der Waals surface area contributed by atoms with Gasteiger partial charge in [0.1, 0.15) is 5.75 Å². The van der Waals surface area contributed by atoms with Crippen LogP contribution in [0.15, 0.2) is 36.4 Å².